The van der Waals surface area contributed by atoms with Crippen LogP contribution in [0.15, 0.2) is 18.2 Å². The number of hydrogen-bond acceptors (Lipinski definition) is 5. The van der Waals surface area contributed by atoms with E-state index in [4.69, 9.17) is 15.2 Å². The van der Waals surface area contributed by atoms with Gasteiger partial charge in [-0.25, -0.2) is 0 Å². The summed E-state index contributed by atoms with van der Waals surface area (Å²) >= 11 is 1.59. The summed E-state index contributed by atoms with van der Waals surface area (Å²) in [5, 5.41) is 2.91. The van der Waals surface area contributed by atoms with Crippen LogP contribution in [0.3, 0.4) is 0 Å². The van der Waals surface area contributed by atoms with Gasteiger partial charge in [0.05, 0.1) is 19.8 Å². The Bertz CT molecular complexity index is 535. The minimum atomic E-state index is -0.535. The van der Waals surface area contributed by atoms with Crippen LogP contribution in [0.5, 0.6) is 11.5 Å². The molecule has 136 valence electrons. The van der Waals surface area contributed by atoms with Crippen molar-refractivity contribution >= 4 is 17.7 Å². The number of hydrogen-bond donors (Lipinski definition) is 2. The molecule has 1 aromatic carbocycles. The number of benzene rings is 1. The molecule has 1 amide bonds. The van der Waals surface area contributed by atoms with E-state index in [1.165, 1.54) is 0 Å². The quantitative estimate of drug-likeness (QED) is 0.676. The van der Waals surface area contributed by atoms with E-state index >= 15 is 0 Å². The minimum Gasteiger partial charge on any atom is -0.493 e. The van der Waals surface area contributed by atoms with Gasteiger partial charge in [-0.3, -0.25) is 4.79 Å². The van der Waals surface area contributed by atoms with Crippen LogP contribution in [0.2, 0.25) is 0 Å². The van der Waals surface area contributed by atoms with E-state index in [0.29, 0.717) is 25.3 Å². The minimum absolute atomic E-state index is 0.121. The molecule has 0 spiro atoms. The Labute approximate surface area is 149 Å². The van der Waals surface area contributed by atoms with Crippen molar-refractivity contribution in [2.75, 3.05) is 26.5 Å². The number of ether oxygens (including phenoxy) is 2. The van der Waals surface area contributed by atoms with Gasteiger partial charge in [0.1, 0.15) is 0 Å². The molecule has 0 aliphatic heterocycles. The Morgan fingerprint density at radius 2 is 2.08 bits per heavy atom. The van der Waals surface area contributed by atoms with E-state index < -0.39 is 6.04 Å². The Morgan fingerprint density at radius 1 is 1.38 bits per heavy atom. The molecule has 1 atom stereocenters. The van der Waals surface area contributed by atoms with Gasteiger partial charge in [0.25, 0.3) is 0 Å². The average molecular weight is 355 g/mol. The second-order valence-corrected chi connectivity index (χ2v) is 7.62. The Kier molecular flexibility index (Phi) is 8.42. The molecule has 24 heavy (non-hydrogen) atoms. The van der Waals surface area contributed by atoms with Crippen LogP contribution in [0.25, 0.3) is 0 Å². The first-order valence-electron chi connectivity index (χ1n) is 8.23. The molecule has 0 fully saturated rings. The van der Waals surface area contributed by atoms with Crippen LogP contribution in [-0.4, -0.2) is 43.2 Å². The molecule has 0 bridgehead atoms. The molecule has 6 heteroatoms. The lowest BCUT2D eigenvalue weighted by molar-refractivity contribution is -0.122. The topological polar surface area (TPSA) is 73.6 Å². The third kappa shape index (κ3) is 5.91. The first-order chi connectivity index (χ1) is 11.4. The third-order valence-electron chi connectivity index (χ3n) is 3.96. The zero-order chi connectivity index (χ0) is 18.2. The highest BCUT2D eigenvalue weighted by Crippen LogP contribution is 2.28. The number of methoxy groups -OCH3 is 1. The van der Waals surface area contributed by atoms with Gasteiger partial charge in [-0.05, 0) is 50.6 Å². The number of rotatable bonds is 10. The highest BCUT2D eigenvalue weighted by molar-refractivity contribution is 8.00. The SMILES string of the molecule is CCCOc1ccc(CCNC(=O)[C@@H](N)C(C)(C)SC)cc1OC. The van der Waals surface area contributed by atoms with Crippen molar-refractivity contribution in [2.24, 2.45) is 5.73 Å². The van der Waals surface area contributed by atoms with Gasteiger partial charge in [0.2, 0.25) is 5.91 Å². The number of carbonyl (C=O) groups is 1. The molecule has 0 saturated heterocycles. The molecule has 0 aliphatic carbocycles. The molecule has 1 aromatic rings. The molecular weight excluding hydrogens is 324 g/mol. The second-order valence-electron chi connectivity index (χ2n) is 6.16. The molecule has 0 unspecified atom stereocenters. The number of nitrogens with one attached hydrogen (secondary N) is 1. The lowest BCUT2D eigenvalue weighted by Gasteiger charge is -2.28. The molecule has 3 N–H and O–H groups in total. The number of thioether (sulfide) groups is 1. The van der Waals surface area contributed by atoms with Crippen LogP contribution in [-0.2, 0) is 11.2 Å². The molecular formula is C18H30N2O3S. The highest BCUT2D eigenvalue weighted by atomic mass is 32.2. The van der Waals surface area contributed by atoms with Crippen molar-refractivity contribution in [2.45, 2.75) is 44.4 Å². The first-order valence-corrected chi connectivity index (χ1v) is 9.46. The third-order valence-corrected chi connectivity index (χ3v) is 5.27. The Morgan fingerprint density at radius 3 is 2.67 bits per heavy atom. The van der Waals surface area contributed by atoms with E-state index in [1.807, 2.05) is 38.3 Å². The number of amides is 1. The monoisotopic (exact) mass is 354 g/mol. The van der Waals surface area contributed by atoms with Crippen LogP contribution < -0.4 is 20.5 Å². The fraction of sp³-hybridized carbons (Fsp3) is 0.611. The molecule has 0 saturated carbocycles. The Balaban J connectivity index is 2.57. The van der Waals surface area contributed by atoms with Gasteiger partial charge in [-0.15, -0.1) is 0 Å². The van der Waals surface area contributed by atoms with Gasteiger partial charge >= 0.3 is 0 Å². The van der Waals surface area contributed by atoms with Crippen LogP contribution in [0.4, 0.5) is 0 Å². The van der Waals surface area contributed by atoms with E-state index in [2.05, 4.69) is 12.2 Å². The van der Waals surface area contributed by atoms with Crippen LogP contribution in [0, 0.1) is 0 Å². The van der Waals surface area contributed by atoms with E-state index in [9.17, 15) is 4.79 Å². The molecule has 0 aliphatic rings. The summed E-state index contributed by atoms with van der Waals surface area (Å²) < 4.78 is 10.7. The molecule has 0 aromatic heterocycles. The highest BCUT2D eigenvalue weighted by Gasteiger charge is 2.30. The maximum atomic E-state index is 12.1. The maximum Gasteiger partial charge on any atom is 0.238 e. The van der Waals surface area contributed by atoms with E-state index in [0.717, 1.165) is 17.7 Å². The zero-order valence-electron chi connectivity index (χ0n) is 15.3. The summed E-state index contributed by atoms with van der Waals surface area (Å²) in [6.45, 7) is 7.21. The normalized spacial score (nSPS) is 12.6. The van der Waals surface area contributed by atoms with Gasteiger partial charge in [-0.2, -0.15) is 11.8 Å². The number of carbonyl (C=O) groups excluding carboxylic acids is 1. The molecule has 0 radical (unpaired) electrons. The summed E-state index contributed by atoms with van der Waals surface area (Å²) in [5.41, 5.74) is 7.11. The molecule has 0 heterocycles. The second kappa shape index (κ2) is 9.79. The smallest absolute Gasteiger partial charge is 0.238 e. The predicted molar refractivity (Wildman–Crippen MR) is 101 cm³/mol. The first kappa shape index (κ1) is 20.6. The van der Waals surface area contributed by atoms with Crippen LogP contribution >= 0.6 is 11.8 Å². The largest absolute Gasteiger partial charge is 0.493 e. The summed E-state index contributed by atoms with van der Waals surface area (Å²) in [7, 11) is 1.63. The van der Waals surface area contributed by atoms with Gasteiger partial charge in [-0.1, -0.05) is 13.0 Å². The van der Waals surface area contributed by atoms with E-state index in [1.54, 1.807) is 18.9 Å². The number of nitrogens with two attached hydrogens (primary N) is 1. The van der Waals surface area contributed by atoms with Crippen molar-refractivity contribution in [3.63, 3.8) is 0 Å². The molecule has 5 nitrogen and oxygen atoms in total. The zero-order valence-corrected chi connectivity index (χ0v) is 16.2. The fourth-order valence-electron chi connectivity index (χ4n) is 2.08. The van der Waals surface area contributed by atoms with Gasteiger partial charge in [0.15, 0.2) is 11.5 Å². The molecule has 1 rings (SSSR count). The van der Waals surface area contributed by atoms with Crippen molar-refractivity contribution in [3.8, 4) is 11.5 Å². The van der Waals surface area contributed by atoms with Crippen molar-refractivity contribution in [1.29, 1.82) is 0 Å². The standard InChI is InChI=1S/C18H30N2O3S/c1-6-11-23-14-8-7-13(12-15(14)22-4)9-10-20-17(21)16(19)18(2,3)24-5/h7-8,12,16H,6,9-11,19H2,1-5H3,(H,20,21)/t16-/m1/s1. The van der Waals surface area contributed by atoms with Crippen LogP contribution in [0.1, 0.15) is 32.8 Å². The van der Waals surface area contributed by atoms with Gasteiger partial charge < -0.3 is 20.5 Å². The summed E-state index contributed by atoms with van der Waals surface area (Å²) in [5.74, 6) is 1.34. The van der Waals surface area contributed by atoms with E-state index in [-0.39, 0.29) is 10.7 Å². The summed E-state index contributed by atoms with van der Waals surface area (Å²) in [6.07, 6.45) is 3.62. The Hall–Kier alpha value is -1.40. The maximum absolute atomic E-state index is 12.1. The predicted octanol–water partition coefficient (Wildman–Crippen LogP) is 2.61. The lowest BCUT2D eigenvalue weighted by atomic mass is 10.0. The summed E-state index contributed by atoms with van der Waals surface area (Å²) in [6, 6.07) is 5.31. The fourth-order valence-corrected chi connectivity index (χ4v) is 2.44. The van der Waals surface area contributed by atoms with Gasteiger partial charge in [0, 0.05) is 11.3 Å². The van der Waals surface area contributed by atoms with Crippen molar-refractivity contribution < 1.29 is 14.3 Å². The summed E-state index contributed by atoms with van der Waals surface area (Å²) in [4.78, 5) is 12.1. The lowest BCUT2D eigenvalue weighted by Crippen LogP contribution is -2.52. The van der Waals surface area contributed by atoms with Crippen molar-refractivity contribution in [3.05, 3.63) is 23.8 Å². The average Bonchev–Trinajstić information content (AvgIpc) is 2.59. The van der Waals surface area contributed by atoms with Crippen molar-refractivity contribution in [1.82, 2.24) is 5.32 Å².